The molecule has 0 amide bonds. The first-order valence-electron chi connectivity index (χ1n) is 9.33. The van der Waals surface area contributed by atoms with Crippen molar-refractivity contribution in [1.82, 2.24) is 9.66 Å². The van der Waals surface area contributed by atoms with Crippen LogP contribution in [0.2, 0.25) is 0 Å². The van der Waals surface area contributed by atoms with Gasteiger partial charge in [-0.15, -0.1) is 0 Å². The number of ether oxygens (including phenoxy) is 2. The Morgan fingerprint density at radius 2 is 1.70 bits per heavy atom. The van der Waals surface area contributed by atoms with E-state index in [1.54, 1.807) is 26.4 Å². The molecule has 1 heterocycles. The highest BCUT2D eigenvalue weighted by molar-refractivity contribution is 9.10. The number of methoxy groups -OCH3 is 2. The van der Waals surface area contributed by atoms with E-state index in [1.807, 2.05) is 54.6 Å². The number of aromatic nitrogens is 2. The Morgan fingerprint density at radius 1 is 0.967 bits per heavy atom. The monoisotopic (exact) mass is 465 g/mol. The molecule has 0 spiro atoms. The van der Waals surface area contributed by atoms with Crippen LogP contribution >= 0.6 is 15.9 Å². The summed E-state index contributed by atoms with van der Waals surface area (Å²) >= 11 is 3.44. The SMILES string of the molecule is COc1ccc(-c2nc3ccccc3c(=O)n2NCc2ccc(Br)cc2)cc1OC. The number of fused-ring (bicyclic) bond motifs is 1. The van der Waals surface area contributed by atoms with Gasteiger partial charge in [-0.05, 0) is 48.0 Å². The Bertz CT molecular complexity index is 1250. The lowest BCUT2D eigenvalue weighted by atomic mass is 10.1. The van der Waals surface area contributed by atoms with Gasteiger partial charge in [-0.3, -0.25) is 4.79 Å². The number of hydrogen-bond donors (Lipinski definition) is 1. The Morgan fingerprint density at radius 3 is 2.43 bits per heavy atom. The second-order valence-corrected chi connectivity index (χ2v) is 7.54. The molecule has 4 rings (SSSR count). The van der Waals surface area contributed by atoms with Crippen LogP contribution in [-0.4, -0.2) is 23.9 Å². The number of halogens is 1. The van der Waals surface area contributed by atoms with Crippen molar-refractivity contribution >= 4 is 26.8 Å². The fraction of sp³-hybridized carbons (Fsp3) is 0.130. The average Bonchev–Trinajstić information content (AvgIpc) is 2.79. The van der Waals surface area contributed by atoms with Crippen molar-refractivity contribution in [1.29, 1.82) is 0 Å². The normalized spacial score (nSPS) is 10.8. The van der Waals surface area contributed by atoms with Gasteiger partial charge in [-0.25, -0.2) is 9.66 Å². The van der Waals surface area contributed by atoms with Crippen molar-refractivity contribution in [2.24, 2.45) is 0 Å². The molecule has 152 valence electrons. The molecule has 0 atom stereocenters. The molecular weight excluding hydrogens is 446 g/mol. The van der Waals surface area contributed by atoms with Gasteiger partial charge >= 0.3 is 0 Å². The van der Waals surface area contributed by atoms with Crippen LogP contribution in [0, 0.1) is 0 Å². The molecule has 1 aromatic heterocycles. The second-order valence-electron chi connectivity index (χ2n) is 6.62. The minimum absolute atomic E-state index is 0.164. The predicted octanol–water partition coefficient (Wildman–Crippen LogP) is 4.59. The van der Waals surface area contributed by atoms with Crippen LogP contribution in [0.5, 0.6) is 11.5 Å². The lowest BCUT2D eigenvalue weighted by Crippen LogP contribution is -2.31. The highest BCUT2D eigenvalue weighted by Gasteiger charge is 2.15. The molecule has 0 fully saturated rings. The van der Waals surface area contributed by atoms with Gasteiger partial charge in [-0.2, -0.15) is 0 Å². The van der Waals surface area contributed by atoms with Gasteiger partial charge in [0.25, 0.3) is 5.56 Å². The number of para-hydroxylation sites is 1. The second kappa shape index (κ2) is 8.59. The Kier molecular flexibility index (Phi) is 5.72. The zero-order valence-corrected chi connectivity index (χ0v) is 18.1. The van der Waals surface area contributed by atoms with Crippen LogP contribution in [0.1, 0.15) is 5.56 Å². The summed E-state index contributed by atoms with van der Waals surface area (Å²) in [6.45, 7) is 0.466. The lowest BCUT2D eigenvalue weighted by molar-refractivity contribution is 0.355. The first-order chi connectivity index (χ1) is 14.6. The first-order valence-corrected chi connectivity index (χ1v) is 10.1. The average molecular weight is 466 g/mol. The summed E-state index contributed by atoms with van der Waals surface area (Å²) in [5, 5.41) is 0.546. The molecule has 0 bridgehead atoms. The molecule has 0 aliphatic rings. The summed E-state index contributed by atoms with van der Waals surface area (Å²) in [6, 6.07) is 20.7. The van der Waals surface area contributed by atoms with Crippen LogP contribution in [0.3, 0.4) is 0 Å². The molecule has 0 aliphatic carbocycles. The van der Waals surface area contributed by atoms with E-state index in [9.17, 15) is 4.79 Å². The summed E-state index contributed by atoms with van der Waals surface area (Å²) in [5.41, 5.74) is 5.47. The van der Waals surface area contributed by atoms with E-state index in [-0.39, 0.29) is 5.56 Å². The van der Waals surface area contributed by atoms with E-state index in [0.29, 0.717) is 34.8 Å². The lowest BCUT2D eigenvalue weighted by Gasteiger charge is -2.17. The van der Waals surface area contributed by atoms with Gasteiger partial charge in [-0.1, -0.05) is 40.2 Å². The van der Waals surface area contributed by atoms with E-state index >= 15 is 0 Å². The van der Waals surface area contributed by atoms with E-state index < -0.39 is 0 Å². The van der Waals surface area contributed by atoms with Crippen LogP contribution in [0.15, 0.2) is 76.0 Å². The van der Waals surface area contributed by atoms with Crippen molar-refractivity contribution < 1.29 is 9.47 Å². The van der Waals surface area contributed by atoms with Gasteiger partial charge in [0.15, 0.2) is 17.3 Å². The number of nitrogens with one attached hydrogen (secondary N) is 1. The molecule has 3 aromatic carbocycles. The number of benzene rings is 3. The van der Waals surface area contributed by atoms with E-state index in [1.165, 1.54) is 4.68 Å². The maximum absolute atomic E-state index is 13.3. The summed E-state index contributed by atoms with van der Waals surface area (Å²) in [7, 11) is 3.16. The van der Waals surface area contributed by atoms with Gasteiger partial charge < -0.3 is 14.9 Å². The molecule has 7 heteroatoms. The zero-order chi connectivity index (χ0) is 21.1. The zero-order valence-electron chi connectivity index (χ0n) is 16.6. The molecular formula is C23H20BrN3O3. The van der Waals surface area contributed by atoms with Crippen LogP contribution in [0.4, 0.5) is 0 Å². The van der Waals surface area contributed by atoms with Crippen molar-refractivity contribution in [3.63, 3.8) is 0 Å². The third kappa shape index (κ3) is 3.89. The largest absolute Gasteiger partial charge is 0.493 e. The van der Waals surface area contributed by atoms with Gasteiger partial charge in [0.1, 0.15) is 0 Å². The number of hydrogen-bond acceptors (Lipinski definition) is 5. The third-order valence-corrected chi connectivity index (χ3v) is 5.30. The third-order valence-electron chi connectivity index (χ3n) is 4.77. The van der Waals surface area contributed by atoms with E-state index in [2.05, 4.69) is 21.4 Å². The summed E-state index contributed by atoms with van der Waals surface area (Å²) in [4.78, 5) is 18.0. The van der Waals surface area contributed by atoms with E-state index in [4.69, 9.17) is 14.5 Å². The van der Waals surface area contributed by atoms with Gasteiger partial charge in [0.2, 0.25) is 0 Å². The molecule has 0 saturated heterocycles. The summed E-state index contributed by atoms with van der Waals surface area (Å²) in [5.74, 6) is 1.67. The quantitative estimate of drug-likeness (QED) is 0.451. The molecule has 0 saturated carbocycles. The maximum atomic E-state index is 13.3. The fourth-order valence-corrected chi connectivity index (χ4v) is 3.49. The standard InChI is InChI=1S/C23H20BrN3O3/c1-29-20-12-9-16(13-21(20)30-2)22-26-19-6-4-3-5-18(19)23(28)27(22)25-14-15-7-10-17(24)11-8-15/h3-13,25H,14H2,1-2H3. The van der Waals surface area contributed by atoms with Crippen molar-refractivity contribution in [3.05, 3.63) is 87.1 Å². The Balaban J connectivity index is 1.84. The minimum Gasteiger partial charge on any atom is -0.493 e. The highest BCUT2D eigenvalue weighted by atomic mass is 79.9. The molecule has 30 heavy (non-hydrogen) atoms. The molecule has 6 nitrogen and oxygen atoms in total. The number of nitrogens with zero attached hydrogens (tertiary/aromatic N) is 2. The van der Waals surface area contributed by atoms with Crippen LogP contribution < -0.4 is 20.5 Å². The van der Waals surface area contributed by atoms with Gasteiger partial charge in [0, 0.05) is 10.0 Å². The van der Waals surface area contributed by atoms with Gasteiger partial charge in [0.05, 0.1) is 31.7 Å². The molecule has 1 N–H and O–H groups in total. The highest BCUT2D eigenvalue weighted by Crippen LogP contribution is 2.31. The Labute approximate surface area is 182 Å². The summed E-state index contributed by atoms with van der Waals surface area (Å²) < 4.78 is 13.3. The van der Waals surface area contributed by atoms with Crippen molar-refractivity contribution in [2.45, 2.75) is 6.54 Å². The molecule has 0 aliphatic heterocycles. The molecule has 0 unspecified atom stereocenters. The predicted molar refractivity (Wildman–Crippen MR) is 122 cm³/mol. The molecule has 4 aromatic rings. The summed E-state index contributed by atoms with van der Waals surface area (Å²) in [6.07, 6.45) is 0. The van der Waals surface area contributed by atoms with Crippen molar-refractivity contribution in [3.8, 4) is 22.9 Å². The maximum Gasteiger partial charge on any atom is 0.280 e. The number of rotatable bonds is 6. The molecule has 0 radical (unpaired) electrons. The Hall–Kier alpha value is -3.32. The topological polar surface area (TPSA) is 65.4 Å². The first kappa shape index (κ1) is 20.0. The smallest absolute Gasteiger partial charge is 0.280 e. The van der Waals surface area contributed by atoms with Crippen LogP contribution in [-0.2, 0) is 6.54 Å². The van der Waals surface area contributed by atoms with Crippen molar-refractivity contribution in [2.75, 3.05) is 19.6 Å². The van der Waals surface area contributed by atoms with Crippen LogP contribution in [0.25, 0.3) is 22.3 Å². The minimum atomic E-state index is -0.164. The fourth-order valence-electron chi connectivity index (χ4n) is 3.22. The van der Waals surface area contributed by atoms with E-state index in [0.717, 1.165) is 15.6 Å².